The molecule has 4 aliphatic heterocycles. The number of unbranched alkanes of at least 4 members (excludes halogenated alkanes) is 4. The van der Waals surface area contributed by atoms with Gasteiger partial charge in [0.2, 0.25) is 0 Å². The lowest BCUT2D eigenvalue weighted by Crippen LogP contribution is -2.44. The van der Waals surface area contributed by atoms with Gasteiger partial charge in [0, 0.05) is 37.7 Å². The molecule has 2 atom stereocenters. The highest BCUT2D eigenvalue weighted by molar-refractivity contribution is 6.04. The standard InChI is InChI=1S/C46H50N4O6/c1-4-5-9-16-54-37-15-14-32-21-36-27-48-41-25-44(43(53-3)23-39(41)46(52)50(36)29-34(32)22-37)56-18-11-6-10-17-55-42-24-40-38(19-30(42)2)45(51)49-28-33-13-8-7-12-31(33)20-35(49)26-47-40/h7-8,12-15,19,22-27,35-36H,4-6,9-11,16-18,20-21,28-29H2,1-3H3. The lowest BCUT2D eigenvalue weighted by Gasteiger charge is -2.34. The number of carbonyl (C=O) groups is 2. The first-order valence-electron chi connectivity index (χ1n) is 20.0. The van der Waals surface area contributed by atoms with Gasteiger partial charge in [-0.1, -0.05) is 50.1 Å². The summed E-state index contributed by atoms with van der Waals surface area (Å²) in [4.78, 5) is 41.0. The summed E-state index contributed by atoms with van der Waals surface area (Å²) in [5.41, 5.74) is 8.07. The van der Waals surface area contributed by atoms with E-state index >= 15 is 0 Å². The third-order valence-corrected chi connectivity index (χ3v) is 11.3. The molecular formula is C46H50N4O6. The summed E-state index contributed by atoms with van der Waals surface area (Å²) in [6.45, 7) is 6.96. The highest BCUT2D eigenvalue weighted by Crippen LogP contribution is 2.39. The Balaban J connectivity index is 0.839. The van der Waals surface area contributed by atoms with E-state index in [-0.39, 0.29) is 23.9 Å². The van der Waals surface area contributed by atoms with Gasteiger partial charge in [-0.25, -0.2) is 0 Å². The minimum atomic E-state index is -0.137. The average molecular weight is 755 g/mol. The largest absolute Gasteiger partial charge is 0.494 e. The predicted octanol–water partition coefficient (Wildman–Crippen LogP) is 8.77. The second-order valence-electron chi connectivity index (χ2n) is 15.1. The zero-order valence-corrected chi connectivity index (χ0v) is 32.6. The summed E-state index contributed by atoms with van der Waals surface area (Å²) < 4.78 is 24.1. The molecule has 0 spiro atoms. The van der Waals surface area contributed by atoms with Crippen LogP contribution in [0.15, 0.2) is 76.7 Å². The minimum Gasteiger partial charge on any atom is -0.494 e. The van der Waals surface area contributed by atoms with Crippen LogP contribution in [-0.4, -0.2) is 73.1 Å². The van der Waals surface area contributed by atoms with Crippen LogP contribution in [0.4, 0.5) is 11.4 Å². The predicted molar refractivity (Wildman–Crippen MR) is 218 cm³/mol. The number of fused-ring (bicyclic) bond motifs is 6. The van der Waals surface area contributed by atoms with Gasteiger partial charge < -0.3 is 28.7 Å². The second-order valence-corrected chi connectivity index (χ2v) is 15.1. The fraction of sp³-hybridized carbons (Fsp3) is 0.391. The molecule has 2 unspecified atom stereocenters. The molecule has 8 rings (SSSR count). The van der Waals surface area contributed by atoms with Gasteiger partial charge in [-0.2, -0.15) is 0 Å². The molecule has 290 valence electrons. The molecule has 0 bridgehead atoms. The van der Waals surface area contributed by atoms with Gasteiger partial charge >= 0.3 is 0 Å². The lowest BCUT2D eigenvalue weighted by molar-refractivity contribution is 0.0696. The molecule has 0 saturated heterocycles. The number of aryl methyl sites for hydroxylation is 1. The Labute approximate surface area is 329 Å². The van der Waals surface area contributed by atoms with E-state index in [2.05, 4.69) is 37.3 Å². The lowest BCUT2D eigenvalue weighted by atomic mass is 9.93. The summed E-state index contributed by atoms with van der Waals surface area (Å²) in [5, 5.41) is 0. The van der Waals surface area contributed by atoms with E-state index in [4.69, 9.17) is 28.9 Å². The van der Waals surface area contributed by atoms with E-state index in [0.29, 0.717) is 73.3 Å². The van der Waals surface area contributed by atoms with Gasteiger partial charge in [0.1, 0.15) is 11.5 Å². The molecule has 10 heteroatoms. The number of hydrogen-bond acceptors (Lipinski definition) is 8. The molecule has 10 nitrogen and oxygen atoms in total. The first kappa shape index (κ1) is 37.3. The summed E-state index contributed by atoms with van der Waals surface area (Å²) in [6.07, 6.45) is 11.1. The van der Waals surface area contributed by atoms with Crippen molar-refractivity contribution in [3.63, 3.8) is 0 Å². The maximum absolute atomic E-state index is 13.9. The van der Waals surface area contributed by atoms with Crippen molar-refractivity contribution < 1.29 is 28.5 Å². The minimum absolute atomic E-state index is 0.00981. The normalized spacial score (nSPS) is 17.8. The van der Waals surface area contributed by atoms with Crippen LogP contribution in [-0.2, 0) is 25.9 Å². The number of hydrogen-bond donors (Lipinski definition) is 0. The van der Waals surface area contributed by atoms with Crippen LogP contribution in [0.3, 0.4) is 0 Å². The number of carbonyl (C=O) groups excluding carboxylic acids is 2. The summed E-state index contributed by atoms with van der Waals surface area (Å²) in [7, 11) is 1.59. The highest BCUT2D eigenvalue weighted by Gasteiger charge is 2.35. The number of methoxy groups -OCH3 is 1. The third kappa shape index (κ3) is 7.74. The highest BCUT2D eigenvalue weighted by atomic mass is 16.5. The van der Waals surface area contributed by atoms with Gasteiger partial charge in [-0.3, -0.25) is 19.6 Å². The maximum atomic E-state index is 13.9. The molecule has 56 heavy (non-hydrogen) atoms. The Bertz CT molecular complexity index is 2180. The van der Waals surface area contributed by atoms with Gasteiger partial charge in [-0.05, 0) is 97.5 Å². The van der Waals surface area contributed by atoms with E-state index in [1.54, 1.807) is 13.2 Å². The van der Waals surface area contributed by atoms with Crippen molar-refractivity contribution in [3.8, 4) is 23.0 Å². The molecule has 0 fully saturated rings. The molecule has 0 aliphatic carbocycles. The monoisotopic (exact) mass is 754 g/mol. The average Bonchev–Trinajstić information content (AvgIpc) is 3.43. The van der Waals surface area contributed by atoms with Gasteiger partial charge in [-0.15, -0.1) is 0 Å². The van der Waals surface area contributed by atoms with Crippen LogP contribution in [0.2, 0.25) is 0 Å². The zero-order chi connectivity index (χ0) is 38.6. The Morgan fingerprint density at radius 2 is 1.21 bits per heavy atom. The number of aliphatic imine (C=N–C) groups is 2. The Hall–Kier alpha value is -5.64. The second kappa shape index (κ2) is 16.6. The fourth-order valence-electron chi connectivity index (χ4n) is 8.07. The molecular weight excluding hydrogens is 705 g/mol. The Morgan fingerprint density at radius 1 is 0.625 bits per heavy atom. The Kier molecular flexibility index (Phi) is 11.1. The molecule has 4 aromatic rings. The van der Waals surface area contributed by atoms with E-state index in [1.807, 2.05) is 59.5 Å². The van der Waals surface area contributed by atoms with E-state index in [0.717, 1.165) is 67.6 Å². The van der Waals surface area contributed by atoms with Gasteiger partial charge in [0.05, 0.1) is 61.5 Å². The van der Waals surface area contributed by atoms with Crippen LogP contribution in [0, 0.1) is 6.92 Å². The summed E-state index contributed by atoms with van der Waals surface area (Å²) >= 11 is 0. The van der Waals surface area contributed by atoms with Crippen LogP contribution in [0.5, 0.6) is 23.0 Å². The van der Waals surface area contributed by atoms with Crippen LogP contribution in [0.25, 0.3) is 0 Å². The number of nitrogens with zero attached hydrogens (tertiary/aromatic N) is 4. The molecule has 0 aromatic heterocycles. The van der Waals surface area contributed by atoms with Crippen molar-refractivity contribution >= 4 is 35.6 Å². The fourth-order valence-corrected chi connectivity index (χ4v) is 8.07. The summed E-state index contributed by atoms with van der Waals surface area (Å²) in [5.74, 6) is 2.61. The topological polar surface area (TPSA) is 102 Å². The smallest absolute Gasteiger partial charge is 0.257 e. The molecule has 4 heterocycles. The third-order valence-electron chi connectivity index (χ3n) is 11.3. The number of amides is 2. The van der Waals surface area contributed by atoms with Crippen molar-refractivity contribution in [2.45, 2.75) is 90.4 Å². The molecule has 0 saturated carbocycles. The van der Waals surface area contributed by atoms with Crippen molar-refractivity contribution in [3.05, 3.63) is 106 Å². The van der Waals surface area contributed by atoms with Crippen molar-refractivity contribution in [2.75, 3.05) is 26.9 Å². The first-order chi connectivity index (χ1) is 27.4. The SMILES string of the molecule is CCCCCOc1ccc2c(c1)CN1C(=O)c3cc(OC)c(OCCCCCOc4cc5c(cc4C)C(=O)N4Cc6ccccc6CC4C=N5)cc3N=CC1C2. The summed E-state index contributed by atoms with van der Waals surface area (Å²) in [6, 6.07) is 21.7. The number of rotatable bonds is 14. The number of benzene rings is 4. The molecule has 0 radical (unpaired) electrons. The molecule has 4 aromatic carbocycles. The maximum Gasteiger partial charge on any atom is 0.257 e. The van der Waals surface area contributed by atoms with Crippen molar-refractivity contribution in [2.24, 2.45) is 9.98 Å². The molecule has 4 aliphatic rings. The molecule has 0 N–H and O–H groups in total. The van der Waals surface area contributed by atoms with Crippen molar-refractivity contribution in [1.29, 1.82) is 0 Å². The van der Waals surface area contributed by atoms with Crippen LogP contribution >= 0.6 is 0 Å². The van der Waals surface area contributed by atoms with Gasteiger partial charge in [0.15, 0.2) is 11.5 Å². The van der Waals surface area contributed by atoms with Crippen LogP contribution in [0.1, 0.15) is 94.0 Å². The zero-order valence-electron chi connectivity index (χ0n) is 32.6. The first-order valence-corrected chi connectivity index (χ1v) is 20.0. The van der Waals surface area contributed by atoms with E-state index in [9.17, 15) is 9.59 Å². The molecule has 2 amide bonds. The quantitative estimate of drug-likeness (QED) is 0.119. The van der Waals surface area contributed by atoms with Crippen molar-refractivity contribution in [1.82, 2.24) is 9.80 Å². The Morgan fingerprint density at radius 3 is 1.91 bits per heavy atom. The van der Waals surface area contributed by atoms with E-state index < -0.39 is 0 Å². The van der Waals surface area contributed by atoms with Gasteiger partial charge in [0.25, 0.3) is 11.8 Å². The van der Waals surface area contributed by atoms with Crippen LogP contribution < -0.4 is 18.9 Å². The van der Waals surface area contributed by atoms with E-state index in [1.165, 1.54) is 16.7 Å². The number of ether oxygens (including phenoxy) is 4.